The van der Waals surface area contributed by atoms with Crippen LogP contribution in [0.15, 0.2) is 64.8 Å². The van der Waals surface area contributed by atoms with E-state index in [0.29, 0.717) is 21.8 Å². The maximum absolute atomic E-state index is 13.4. The molecule has 0 aliphatic heterocycles. The molecule has 2 aromatic heterocycles. The van der Waals surface area contributed by atoms with E-state index in [2.05, 4.69) is 10.4 Å². The van der Waals surface area contributed by atoms with Crippen LogP contribution in [0.1, 0.15) is 29.9 Å². The van der Waals surface area contributed by atoms with Gasteiger partial charge < -0.3 is 14.8 Å². The highest BCUT2D eigenvalue weighted by Gasteiger charge is 2.24. The number of esters is 1. The molecular formula is C25H23N3O5S. The van der Waals surface area contributed by atoms with Gasteiger partial charge in [-0.25, -0.2) is 4.79 Å². The summed E-state index contributed by atoms with van der Waals surface area (Å²) < 4.78 is 12.0. The van der Waals surface area contributed by atoms with Gasteiger partial charge in [0.05, 0.1) is 17.7 Å². The lowest BCUT2D eigenvalue weighted by Gasteiger charge is -2.14. The smallest absolute Gasteiger partial charge is 0.359 e. The molecule has 1 N–H and O–H groups in total. The Hall–Kier alpha value is -3.98. The lowest BCUT2D eigenvalue weighted by Crippen LogP contribution is -2.31. The highest BCUT2D eigenvalue weighted by atomic mass is 32.1. The highest BCUT2D eigenvalue weighted by molar-refractivity contribution is 7.16. The van der Waals surface area contributed by atoms with Crippen molar-refractivity contribution in [3.05, 3.63) is 81.6 Å². The molecule has 0 unspecified atom stereocenters. The van der Waals surface area contributed by atoms with Crippen molar-refractivity contribution in [2.75, 3.05) is 11.9 Å². The number of nitrogens with zero attached hydrogens (tertiary/aromatic N) is 2. The van der Waals surface area contributed by atoms with E-state index in [1.54, 1.807) is 43.5 Å². The fraction of sp³-hybridized carbons (Fsp3) is 0.200. The number of hydrogen-bond donors (Lipinski definition) is 1. The van der Waals surface area contributed by atoms with Gasteiger partial charge in [0.1, 0.15) is 10.8 Å². The molecule has 4 aromatic rings. The molecule has 0 saturated heterocycles. The summed E-state index contributed by atoms with van der Waals surface area (Å²) in [6, 6.07) is 16.1. The summed E-state index contributed by atoms with van der Waals surface area (Å²) in [6.45, 7) is 5.40. The van der Waals surface area contributed by atoms with Gasteiger partial charge >= 0.3 is 5.97 Å². The van der Waals surface area contributed by atoms with Gasteiger partial charge in [-0.2, -0.15) is 9.78 Å². The standard InChI is InChI=1S/C25H23N3O5S/c1-4-32-25(31)21-19-14-34-23(26-22(29)16(3)33-18-8-6-5-7-9-18)20(19)24(30)28(27-21)17-12-10-15(2)11-13-17/h5-14,16H,4H2,1-3H3,(H,26,29)/t16-/m1/s1. The van der Waals surface area contributed by atoms with Crippen LogP contribution in [0.25, 0.3) is 16.5 Å². The zero-order valence-electron chi connectivity index (χ0n) is 18.9. The van der Waals surface area contributed by atoms with Gasteiger partial charge in [-0.05, 0) is 45.0 Å². The second kappa shape index (κ2) is 9.88. The van der Waals surface area contributed by atoms with Crippen molar-refractivity contribution >= 4 is 39.0 Å². The molecule has 0 radical (unpaired) electrons. The van der Waals surface area contributed by atoms with E-state index in [-0.39, 0.29) is 17.7 Å². The average molecular weight is 478 g/mol. The Morgan fingerprint density at radius 1 is 1.12 bits per heavy atom. The average Bonchev–Trinajstić information content (AvgIpc) is 3.25. The van der Waals surface area contributed by atoms with E-state index < -0.39 is 23.5 Å². The zero-order chi connectivity index (χ0) is 24.2. The number of carbonyl (C=O) groups excluding carboxylic acids is 2. The van der Waals surface area contributed by atoms with Gasteiger partial charge in [0, 0.05) is 10.8 Å². The number of rotatable bonds is 7. The highest BCUT2D eigenvalue weighted by Crippen LogP contribution is 2.31. The Morgan fingerprint density at radius 2 is 1.82 bits per heavy atom. The molecule has 34 heavy (non-hydrogen) atoms. The number of para-hydroxylation sites is 1. The van der Waals surface area contributed by atoms with Crippen LogP contribution in [0, 0.1) is 6.92 Å². The lowest BCUT2D eigenvalue weighted by atomic mass is 10.2. The maximum Gasteiger partial charge on any atom is 0.359 e. The number of benzene rings is 2. The van der Waals surface area contributed by atoms with Crippen LogP contribution in [-0.2, 0) is 9.53 Å². The van der Waals surface area contributed by atoms with Crippen LogP contribution in [-0.4, -0.2) is 34.4 Å². The molecule has 9 heteroatoms. The zero-order valence-corrected chi connectivity index (χ0v) is 19.7. The Labute approximate surface area is 199 Å². The molecule has 0 bridgehead atoms. The molecule has 4 rings (SSSR count). The first-order valence-electron chi connectivity index (χ1n) is 10.7. The minimum Gasteiger partial charge on any atom is -0.481 e. The fourth-order valence-electron chi connectivity index (χ4n) is 3.32. The monoisotopic (exact) mass is 477 g/mol. The van der Waals surface area contributed by atoms with Crippen LogP contribution in [0.4, 0.5) is 5.00 Å². The lowest BCUT2D eigenvalue weighted by molar-refractivity contribution is -0.122. The third kappa shape index (κ3) is 4.69. The van der Waals surface area contributed by atoms with Crippen molar-refractivity contribution in [2.24, 2.45) is 0 Å². The quantitative estimate of drug-likeness (QED) is 0.398. The molecule has 174 valence electrons. The molecule has 0 aliphatic carbocycles. The van der Waals surface area contributed by atoms with Gasteiger partial charge in [0.25, 0.3) is 11.5 Å². The molecule has 8 nitrogen and oxygen atoms in total. The van der Waals surface area contributed by atoms with Crippen LogP contribution < -0.4 is 15.6 Å². The number of amides is 1. The molecule has 1 atom stereocenters. The van der Waals surface area contributed by atoms with Crippen molar-refractivity contribution in [3.63, 3.8) is 0 Å². The third-order valence-corrected chi connectivity index (χ3v) is 5.96. The van der Waals surface area contributed by atoms with Gasteiger partial charge in [0.2, 0.25) is 0 Å². The number of aryl methyl sites for hydroxylation is 1. The number of fused-ring (bicyclic) bond motifs is 1. The van der Waals surface area contributed by atoms with E-state index in [1.165, 1.54) is 0 Å². The summed E-state index contributed by atoms with van der Waals surface area (Å²) in [5.41, 5.74) is 1.05. The summed E-state index contributed by atoms with van der Waals surface area (Å²) in [4.78, 5) is 38.9. The van der Waals surface area contributed by atoms with E-state index in [1.807, 2.05) is 37.3 Å². The van der Waals surface area contributed by atoms with E-state index in [9.17, 15) is 14.4 Å². The summed E-state index contributed by atoms with van der Waals surface area (Å²) in [6.07, 6.45) is -0.815. The number of carbonyl (C=O) groups is 2. The topological polar surface area (TPSA) is 99.5 Å². The molecule has 0 fully saturated rings. The second-order valence-corrected chi connectivity index (χ2v) is 8.42. The van der Waals surface area contributed by atoms with Crippen molar-refractivity contribution in [1.82, 2.24) is 9.78 Å². The number of anilines is 1. The molecule has 2 aromatic carbocycles. The normalized spacial score (nSPS) is 11.7. The number of thiophene rings is 1. The molecule has 1 amide bonds. The maximum atomic E-state index is 13.4. The minimum atomic E-state index is -0.815. The van der Waals surface area contributed by atoms with Crippen LogP contribution in [0.3, 0.4) is 0 Å². The van der Waals surface area contributed by atoms with Gasteiger partial charge in [-0.1, -0.05) is 35.9 Å². The number of aromatic nitrogens is 2. The SMILES string of the molecule is CCOC(=O)c1nn(-c2ccc(C)cc2)c(=O)c2c(NC(=O)[C@@H](C)Oc3ccccc3)scc12. The molecular weight excluding hydrogens is 454 g/mol. The van der Waals surface area contributed by atoms with Gasteiger partial charge in [-0.3, -0.25) is 9.59 Å². The van der Waals surface area contributed by atoms with E-state index >= 15 is 0 Å². The van der Waals surface area contributed by atoms with Crippen LogP contribution in [0.2, 0.25) is 0 Å². The minimum absolute atomic E-state index is 0.00218. The summed E-state index contributed by atoms with van der Waals surface area (Å²) in [7, 11) is 0. The predicted octanol–water partition coefficient (Wildman–Crippen LogP) is 4.34. The van der Waals surface area contributed by atoms with Crippen molar-refractivity contribution < 1.29 is 19.1 Å². The van der Waals surface area contributed by atoms with Crippen molar-refractivity contribution in [3.8, 4) is 11.4 Å². The molecule has 0 saturated carbocycles. The number of ether oxygens (including phenoxy) is 2. The molecule has 0 spiro atoms. The summed E-state index contributed by atoms with van der Waals surface area (Å²) in [5, 5.41) is 9.51. The van der Waals surface area contributed by atoms with Crippen molar-refractivity contribution in [2.45, 2.75) is 26.9 Å². The third-order valence-electron chi connectivity index (χ3n) is 5.06. The number of nitrogens with one attached hydrogen (secondary N) is 1. The van der Waals surface area contributed by atoms with Crippen LogP contribution >= 0.6 is 11.3 Å². The predicted molar refractivity (Wildman–Crippen MR) is 131 cm³/mol. The molecule has 0 aliphatic rings. The summed E-state index contributed by atoms with van der Waals surface area (Å²) >= 11 is 1.14. The first-order valence-corrected chi connectivity index (χ1v) is 11.6. The van der Waals surface area contributed by atoms with Gasteiger partial charge in [0.15, 0.2) is 11.8 Å². The summed E-state index contributed by atoms with van der Waals surface area (Å²) in [5.74, 6) is -0.523. The first kappa shape index (κ1) is 23.2. The first-order chi connectivity index (χ1) is 16.4. The number of hydrogen-bond acceptors (Lipinski definition) is 7. The van der Waals surface area contributed by atoms with Gasteiger partial charge in [-0.15, -0.1) is 11.3 Å². The Balaban J connectivity index is 1.76. The Bertz CT molecular complexity index is 1390. The second-order valence-electron chi connectivity index (χ2n) is 7.54. The Morgan fingerprint density at radius 3 is 2.50 bits per heavy atom. The van der Waals surface area contributed by atoms with Crippen molar-refractivity contribution in [1.29, 1.82) is 0 Å². The largest absolute Gasteiger partial charge is 0.481 e. The Kier molecular flexibility index (Phi) is 6.74. The molecule has 2 heterocycles. The fourth-order valence-corrected chi connectivity index (χ4v) is 4.26. The van der Waals surface area contributed by atoms with E-state index in [4.69, 9.17) is 9.47 Å². The van der Waals surface area contributed by atoms with Crippen LogP contribution in [0.5, 0.6) is 5.75 Å². The van der Waals surface area contributed by atoms with E-state index in [0.717, 1.165) is 21.6 Å².